The Kier molecular flexibility index (Phi) is 5.44. The van der Waals surface area contributed by atoms with Crippen LogP contribution < -0.4 is 10.6 Å². The number of anilines is 2. The minimum Gasteiger partial charge on any atom is -0.393 e. The number of imidazole rings is 1. The molecule has 1 amide bonds. The van der Waals surface area contributed by atoms with E-state index in [0.717, 1.165) is 30.3 Å². The van der Waals surface area contributed by atoms with Crippen LogP contribution >= 0.6 is 23.2 Å². The molecule has 0 aliphatic heterocycles. The SMILES string of the molecule is O=C(NC1CCCC(O)C1)c1ccc2nc(Nc3c(Cl)cccc3Cl)[nH]c2c1. The summed E-state index contributed by atoms with van der Waals surface area (Å²) in [4.78, 5) is 20.2. The molecule has 1 aliphatic rings. The highest BCUT2D eigenvalue weighted by Gasteiger charge is 2.22. The van der Waals surface area contributed by atoms with Gasteiger partial charge in [0, 0.05) is 11.6 Å². The number of nitrogens with zero attached hydrogens (tertiary/aromatic N) is 1. The van der Waals surface area contributed by atoms with Crippen molar-refractivity contribution in [1.29, 1.82) is 0 Å². The average molecular weight is 419 g/mol. The van der Waals surface area contributed by atoms with E-state index >= 15 is 0 Å². The predicted molar refractivity (Wildman–Crippen MR) is 112 cm³/mol. The molecule has 2 unspecified atom stereocenters. The predicted octanol–water partition coefficient (Wildman–Crippen LogP) is 4.65. The van der Waals surface area contributed by atoms with E-state index in [9.17, 15) is 9.90 Å². The molecule has 1 saturated carbocycles. The Morgan fingerprint density at radius 2 is 1.96 bits per heavy atom. The van der Waals surface area contributed by atoms with Crippen LogP contribution in [0.25, 0.3) is 11.0 Å². The second-order valence-electron chi connectivity index (χ2n) is 7.03. The number of H-pyrrole nitrogens is 1. The first-order valence-electron chi connectivity index (χ1n) is 9.19. The van der Waals surface area contributed by atoms with Gasteiger partial charge in [-0.3, -0.25) is 4.79 Å². The van der Waals surface area contributed by atoms with Crippen LogP contribution in [0.3, 0.4) is 0 Å². The smallest absolute Gasteiger partial charge is 0.251 e. The molecule has 6 nitrogen and oxygen atoms in total. The summed E-state index contributed by atoms with van der Waals surface area (Å²) in [5.74, 6) is 0.331. The monoisotopic (exact) mass is 418 g/mol. The number of halogens is 2. The van der Waals surface area contributed by atoms with Crippen molar-refractivity contribution in [3.8, 4) is 0 Å². The number of para-hydroxylation sites is 1. The lowest BCUT2D eigenvalue weighted by molar-refractivity contribution is 0.0850. The molecule has 2 aromatic carbocycles. The molecule has 28 heavy (non-hydrogen) atoms. The van der Waals surface area contributed by atoms with Gasteiger partial charge in [0.05, 0.1) is 32.9 Å². The van der Waals surface area contributed by atoms with Crippen LogP contribution in [0.2, 0.25) is 10.0 Å². The first kappa shape index (κ1) is 19.1. The van der Waals surface area contributed by atoms with Crippen LogP contribution in [0.15, 0.2) is 36.4 Å². The summed E-state index contributed by atoms with van der Waals surface area (Å²) in [5, 5.41) is 16.9. The Labute approximate surface area is 172 Å². The summed E-state index contributed by atoms with van der Waals surface area (Å²) in [5.41, 5.74) is 2.55. The fourth-order valence-corrected chi connectivity index (χ4v) is 4.00. The molecule has 1 heterocycles. The van der Waals surface area contributed by atoms with Crippen LogP contribution in [0.1, 0.15) is 36.0 Å². The van der Waals surface area contributed by atoms with Crippen molar-refractivity contribution in [1.82, 2.24) is 15.3 Å². The number of aliphatic hydroxyl groups is 1. The molecule has 1 fully saturated rings. The number of aliphatic hydroxyl groups excluding tert-OH is 1. The highest BCUT2D eigenvalue weighted by molar-refractivity contribution is 6.39. The van der Waals surface area contributed by atoms with Crippen LogP contribution in [-0.2, 0) is 0 Å². The Bertz CT molecular complexity index is 1000. The largest absolute Gasteiger partial charge is 0.393 e. The molecule has 0 saturated heterocycles. The number of aromatic amines is 1. The van der Waals surface area contributed by atoms with Crippen molar-refractivity contribution in [2.24, 2.45) is 0 Å². The number of benzene rings is 2. The summed E-state index contributed by atoms with van der Waals surface area (Å²) in [6, 6.07) is 10.5. The summed E-state index contributed by atoms with van der Waals surface area (Å²) < 4.78 is 0. The van der Waals surface area contributed by atoms with E-state index in [0.29, 0.717) is 33.7 Å². The first-order valence-corrected chi connectivity index (χ1v) is 9.95. The number of fused-ring (bicyclic) bond motifs is 1. The van der Waals surface area contributed by atoms with E-state index in [1.54, 1.807) is 36.4 Å². The maximum absolute atomic E-state index is 12.6. The van der Waals surface area contributed by atoms with Crippen molar-refractivity contribution >= 4 is 51.8 Å². The Morgan fingerprint density at radius 3 is 2.71 bits per heavy atom. The standard InChI is InChI=1S/C20H20Cl2N4O2/c21-14-5-2-6-15(22)18(14)26-20-24-16-8-7-11(9-17(16)25-20)19(28)23-12-3-1-4-13(27)10-12/h2,5-9,12-13,27H,1,3-4,10H2,(H,23,28)(H2,24,25,26). The molecule has 3 aromatic rings. The molecule has 4 N–H and O–H groups in total. The fraction of sp³-hybridized carbons (Fsp3) is 0.300. The zero-order chi connectivity index (χ0) is 19.7. The van der Waals surface area contributed by atoms with E-state index in [1.165, 1.54) is 0 Å². The van der Waals surface area contributed by atoms with Gasteiger partial charge in [0.25, 0.3) is 5.91 Å². The molecular formula is C20H20Cl2N4O2. The minimum absolute atomic E-state index is 0.00769. The quantitative estimate of drug-likeness (QED) is 0.496. The fourth-order valence-electron chi connectivity index (χ4n) is 3.51. The first-order chi connectivity index (χ1) is 13.5. The van der Waals surface area contributed by atoms with Gasteiger partial charge in [-0.15, -0.1) is 0 Å². The van der Waals surface area contributed by atoms with Crippen LogP contribution in [0, 0.1) is 0 Å². The minimum atomic E-state index is -0.334. The van der Waals surface area contributed by atoms with E-state index in [-0.39, 0.29) is 18.1 Å². The highest BCUT2D eigenvalue weighted by Crippen LogP contribution is 2.32. The molecule has 1 aliphatic carbocycles. The van der Waals surface area contributed by atoms with Gasteiger partial charge in [-0.1, -0.05) is 29.3 Å². The summed E-state index contributed by atoms with van der Waals surface area (Å²) in [7, 11) is 0. The molecule has 4 rings (SSSR count). The number of rotatable bonds is 4. The van der Waals surface area contributed by atoms with Crippen molar-refractivity contribution in [2.45, 2.75) is 37.8 Å². The van der Waals surface area contributed by atoms with Crippen LogP contribution in [-0.4, -0.2) is 33.1 Å². The lowest BCUT2D eigenvalue weighted by atomic mass is 9.93. The zero-order valence-corrected chi connectivity index (χ0v) is 16.5. The number of amides is 1. The van der Waals surface area contributed by atoms with Gasteiger partial charge in [0.15, 0.2) is 0 Å². The molecule has 0 radical (unpaired) electrons. The molecule has 8 heteroatoms. The third kappa shape index (κ3) is 4.09. The molecular weight excluding hydrogens is 399 g/mol. The molecule has 0 bridgehead atoms. The van der Waals surface area contributed by atoms with E-state index in [1.807, 2.05) is 0 Å². The van der Waals surface area contributed by atoms with Crippen molar-refractivity contribution in [2.75, 3.05) is 5.32 Å². The van der Waals surface area contributed by atoms with Gasteiger partial charge in [-0.2, -0.15) is 0 Å². The van der Waals surface area contributed by atoms with Crippen LogP contribution in [0.4, 0.5) is 11.6 Å². The lowest BCUT2D eigenvalue weighted by Gasteiger charge is -2.26. The van der Waals surface area contributed by atoms with Gasteiger partial charge in [-0.05, 0) is 56.0 Å². The molecule has 2 atom stereocenters. The Balaban J connectivity index is 1.52. The summed E-state index contributed by atoms with van der Waals surface area (Å²) >= 11 is 12.4. The number of hydrogen-bond donors (Lipinski definition) is 4. The van der Waals surface area contributed by atoms with E-state index in [2.05, 4.69) is 20.6 Å². The van der Waals surface area contributed by atoms with Gasteiger partial charge >= 0.3 is 0 Å². The molecule has 1 aromatic heterocycles. The maximum Gasteiger partial charge on any atom is 0.251 e. The number of aromatic nitrogens is 2. The number of carbonyl (C=O) groups is 1. The zero-order valence-electron chi connectivity index (χ0n) is 15.0. The topological polar surface area (TPSA) is 90.0 Å². The third-order valence-electron chi connectivity index (χ3n) is 4.93. The van der Waals surface area contributed by atoms with Crippen molar-refractivity contribution < 1.29 is 9.90 Å². The third-order valence-corrected chi connectivity index (χ3v) is 5.56. The van der Waals surface area contributed by atoms with Crippen molar-refractivity contribution in [3.63, 3.8) is 0 Å². The highest BCUT2D eigenvalue weighted by atomic mass is 35.5. The Morgan fingerprint density at radius 1 is 1.18 bits per heavy atom. The van der Waals surface area contributed by atoms with Gasteiger partial charge < -0.3 is 20.7 Å². The maximum atomic E-state index is 12.6. The molecule has 0 spiro atoms. The molecule has 146 valence electrons. The second-order valence-corrected chi connectivity index (χ2v) is 7.84. The lowest BCUT2D eigenvalue weighted by Crippen LogP contribution is -2.39. The van der Waals surface area contributed by atoms with E-state index in [4.69, 9.17) is 23.2 Å². The Hall–Kier alpha value is -2.28. The van der Waals surface area contributed by atoms with Gasteiger partial charge in [0.2, 0.25) is 5.95 Å². The van der Waals surface area contributed by atoms with Gasteiger partial charge in [0.1, 0.15) is 0 Å². The average Bonchev–Trinajstić information content (AvgIpc) is 3.06. The number of hydrogen-bond acceptors (Lipinski definition) is 4. The summed E-state index contributed by atoms with van der Waals surface area (Å²) in [6.07, 6.45) is 2.88. The number of nitrogens with one attached hydrogen (secondary N) is 3. The van der Waals surface area contributed by atoms with Crippen LogP contribution in [0.5, 0.6) is 0 Å². The normalized spacial score (nSPS) is 19.5. The van der Waals surface area contributed by atoms with E-state index < -0.39 is 0 Å². The number of carbonyl (C=O) groups excluding carboxylic acids is 1. The van der Waals surface area contributed by atoms with Gasteiger partial charge in [-0.25, -0.2) is 4.98 Å². The second kappa shape index (κ2) is 7.99. The van der Waals surface area contributed by atoms with Crippen molar-refractivity contribution in [3.05, 3.63) is 52.0 Å². The summed E-state index contributed by atoms with van der Waals surface area (Å²) in [6.45, 7) is 0.